The highest BCUT2D eigenvalue weighted by Crippen LogP contribution is 2.28. The number of hydrogen-bond donors (Lipinski definition) is 2. The van der Waals surface area contributed by atoms with Crippen molar-refractivity contribution in [1.29, 1.82) is 0 Å². The Morgan fingerprint density at radius 2 is 1.90 bits per heavy atom. The molecule has 110 valence electrons. The fourth-order valence-electron chi connectivity index (χ4n) is 3.00. The first-order valence-corrected chi connectivity index (χ1v) is 7.73. The number of nitrogens with one attached hydrogen (secondary N) is 1. The minimum atomic E-state index is 0.128. The van der Waals surface area contributed by atoms with E-state index in [4.69, 9.17) is 5.73 Å². The molecule has 0 atom stereocenters. The van der Waals surface area contributed by atoms with Crippen LogP contribution in [0.2, 0.25) is 0 Å². The standard InChI is InChI=1S/C17H26N2O/c1-12-11-16(13(2)10-15(12)18)19-17(20)9-8-14-6-4-3-5-7-14/h10-11,14H,3-9,18H2,1-2H3,(H,19,20). The molecule has 0 aliphatic heterocycles. The molecule has 3 nitrogen and oxygen atoms in total. The molecule has 0 heterocycles. The Hall–Kier alpha value is -1.51. The first kappa shape index (κ1) is 14.9. The summed E-state index contributed by atoms with van der Waals surface area (Å²) in [7, 11) is 0. The van der Waals surface area contributed by atoms with Crippen molar-refractivity contribution in [3.8, 4) is 0 Å². The summed E-state index contributed by atoms with van der Waals surface area (Å²) in [6.07, 6.45) is 8.30. The van der Waals surface area contributed by atoms with Gasteiger partial charge in [0.25, 0.3) is 0 Å². The summed E-state index contributed by atoms with van der Waals surface area (Å²) in [6, 6.07) is 3.88. The molecule has 20 heavy (non-hydrogen) atoms. The van der Waals surface area contributed by atoms with Gasteiger partial charge in [-0.2, -0.15) is 0 Å². The topological polar surface area (TPSA) is 55.1 Å². The van der Waals surface area contributed by atoms with Crippen molar-refractivity contribution >= 4 is 17.3 Å². The number of carbonyl (C=O) groups excluding carboxylic acids is 1. The Balaban J connectivity index is 1.86. The van der Waals surface area contributed by atoms with Crippen LogP contribution < -0.4 is 11.1 Å². The molecular weight excluding hydrogens is 248 g/mol. The van der Waals surface area contributed by atoms with E-state index >= 15 is 0 Å². The van der Waals surface area contributed by atoms with Gasteiger partial charge in [-0.1, -0.05) is 32.1 Å². The molecule has 0 bridgehead atoms. The first-order chi connectivity index (χ1) is 9.56. The van der Waals surface area contributed by atoms with Gasteiger partial charge in [-0.3, -0.25) is 4.79 Å². The van der Waals surface area contributed by atoms with Crippen LogP contribution in [0.5, 0.6) is 0 Å². The molecule has 3 heteroatoms. The largest absolute Gasteiger partial charge is 0.399 e. The molecular formula is C17H26N2O. The summed E-state index contributed by atoms with van der Waals surface area (Å²) in [6.45, 7) is 3.94. The van der Waals surface area contributed by atoms with Crippen LogP contribution in [0.25, 0.3) is 0 Å². The lowest BCUT2D eigenvalue weighted by molar-refractivity contribution is -0.116. The smallest absolute Gasteiger partial charge is 0.224 e. The molecule has 1 aromatic carbocycles. The predicted molar refractivity (Wildman–Crippen MR) is 84.8 cm³/mol. The van der Waals surface area contributed by atoms with Crippen LogP contribution >= 0.6 is 0 Å². The van der Waals surface area contributed by atoms with Gasteiger partial charge in [0.05, 0.1) is 0 Å². The highest BCUT2D eigenvalue weighted by molar-refractivity contribution is 5.91. The number of hydrogen-bond acceptors (Lipinski definition) is 2. The summed E-state index contributed by atoms with van der Waals surface area (Å²) in [5, 5.41) is 3.02. The van der Waals surface area contributed by atoms with Crippen molar-refractivity contribution < 1.29 is 4.79 Å². The molecule has 1 aliphatic rings. The molecule has 2 rings (SSSR count). The van der Waals surface area contributed by atoms with E-state index in [0.29, 0.717) is 6.42 Å². The summed E-state index contributed by atoms with van der Waals surface area (Å²) in [5.74, 6) is 0.881. The molecule has 1 amide bonds. The first-order valence-electron chi connectivity index (χ1n) is 7.73. The molecule has 1 aliphatic carbocycles. The molecule has 0 radical (unpaired) electrons. The third-order valence-electron chi connectivity index (χ3n) is 4.39. The minimum absolute atomic E-state index is 0.128. The van der Waals surface area contributed by atoms with Crippen LogP contribution in [0.3, 0.4) is 0 Å². The van der Waals surface area contributed by atoms with E-state index in [2.05, 4.69) is 5.32 Å². The van der Waals surface area contributed by atoms with Gasteiger partial charge in [-0.05, 0) is 49.4 Å². The zero-order valence-electron chi connectivity index (χ0n) is 12.7. The maximum atomic E-state index is 12.1. The van der Waals surface area contributed by atoms with E-state index in [1.54, 1.807) is 0 Å². The lowest BCUT2D eigenvalue weighted by Crippen LogP contribution is -2.15. The molecule has 0 spiro atoms. The quantitative estimate of drug-likeness (QED) is 0.809. The monoisotopic (exact) mass is 274 g/mol. The second-order valence-corrected chi connectivity index (χ2v) is 6.11. The Morgan fingerprint density at radius 3 is 2.60 bits per heavy atom. The second kappa shape index (κ2) is 6.78. The van der Waals surface area contributed by atoms with Gasteiger partial charge in [-0.25, -0.2) is 0 Å². The van der Waals surface area contributed by atoms with Crippen LogP contribution in [0, 0.1) is 19.8 Å². The molecule has 0 aromatic heterocycles. The third kappa shape index (κ3) is 3.99. The van der Waals surface area contributed by atoms with E-state index in [9.17, 15) is 4.79 Å². The number of anilines is 2. The van der Waals surface area contributed by atoms with Gasteiger partial charge in [0.15, 0.2) is 0 Å². The molecule has 0 unspecified atom stereocenters. The zero-order valence-corrected chi connectivity index (χ0v) is 12.7. The zero-order chi connectivity index (χ0) is 14.5. The highest BCUT2D eigenvalue weighted by Gasteiger charge is 2.15. The Kier molecular flexibility index (Phi) is 5.05. The van der Waals surface area contributed by atoms with E-state index in [1.807, 2.05) is 26.0 Å². The van der Waals surface area contributed by atoms with Gasteiger partial charge in [0, 0.05) is 17.8 Å². The number of rotatable bonds is 4. The second-order valence-electron chi connectivity index (χ2n) is 6.11. The number of benzene rings is 1. The van der Waals surface area contributed by atoms with Gasteiger partial charge in [0.2, 0.25) is 5.91 Å². The molecule has 1 saturated carbocycles. The van der Waals surface area contributed by atoms with Crippen molar-refractivity contribution in [2.45, 2.75) is 58.8 Å². The molecule has 3 N–H and O–H groups in total. The Labute approximate surface area is 121 Å². The lowest BCUT2D eigenvalue weighted by Gasteiger charge is -2.21. The molecule has 1 fully saturated rings. The van der Waals surface area contributed by atoms with Crippen molar-refractivity contribution in [2.24, 2.45) is 5.92 Å². The minimum Gasteiger partial charge on any atom is -0.399 e. The van der Waals surface area contributed by atoms with Crippen LogP contribution in [-0.4, -0.2) is 5.91 Å². The number of nitrogen functional groups attached to an aromatic ring is 1. The Bertz CT molecular complexity index is 476. The van der Waals surface area contributed by atoms with Crippen molar-refractivity contribution in [3.63, 3.8) is 0 Å². The maximum absolute atomic E-state index is 12.1. The number of amides is 1. The number of carbonyl (C=O) groups is 1. The summed E-state index contributed by atoms with van der Waals surface area (Å²) in [5.41, 5.74) is 9.58. The third-order valence-corrected chi connectivity index (χ3v) is 4.39. The normalized spacial score (nSPS) is 16.1. The number of nitrogens with two attached hydrogens (primary N) is 1. The van der Waals surface area contributed by atoms with E-state index in [-0.39, 0.29) is 5.91 Å². The van der Waals surface area contributed by atoms with Crippen LogP contribution in [-0.2, 0) is 4.79 Å². The number of aryl methyl sites for hydroxylation is 2. The fourth-order valence-corrected chi connectivity index (χ4v) is 3.00. The summed E-state index contributed by atoms with van der Waals surface area (Å²) >= 11 is 0. The fraction of sp³-hybridized carbons (Fsp3) is 0.588. The van der Waals surface area contributed by atoms with Gasteiger partial charge in [0.1, 0.15) is 0 Å². The van der Waals surface area contributed by atoms with E-state index in [1.165, 1.54) is 32.1 Å². The Morgan fingerprint density at radius 1 is 1.20 bits per heavy atom. The average molecular weight is 274 g/mol. The molecule has 1 aromatic rings. The highest BCUT2D eigenvalue weighted by atomic mass is 16.1. The SMILES string of the molecule is Cc1cc(NC(=O)CCC2CCCCC2)c(C)cc1N. The molecule has 0 saturated heterocycles. The van der Waals surface area contributed by atoms with E-state index in [0.717, 1.165) is 34.8 Å². The van der Waals surface area contributed by atoms with Crippen molar-refractivity contribution in [2.75, 3.05) is 11.1 Å². The van der Waals surface area contributed by atoms with Gasteiger partial charge >= 0.3 is 0 Å². The van der Waals surface area contributed by atoms with Gasteiger partial charge < -0.3 is 11.1 Å². The van der Waals surface area contributed by atoms with Crippen LogP contribution in [0.15, 0.2) is 12.1 Å². The van der Waals surface area contributed by atoms with E-state index < -0.39 is 0 Å². The lowest BCUT2D eigenvalue weighted by atomic mass is 9.86. The summed E-state index contributed by atoms with van der Waals surface area (Å²) < 4.78 is 0. The summed E-state index contributed by atoms with van der Waals surface area (Å²) in [4.78, 5) is 12.1. The van der Waals surface area contributed by atoms with Crippen molar-refractivity contribution in [3.05, 3.63) is 23.3 Å². The average Bonchev–Trinajstić information content (AvgIpc) is 2.44. The van der Waals surface area contributed by atoms with Crippen molar-refractivity contribution in [1.82, 2.24) is 0 Å². The maximum Gasteiger partial charge on any atom is 0.224 e. The van der Waals surface area contributed by atoms with Crippen LogP contribution in [0.1, 0.15) is 56.1 Å². The predicted octanol–water partition coefficient (Wildman–Crippen LogP) is 4.18. The van der Waals surface area contributed by atoms with Crippen LogP contribution in [0.4, 0.5) is 11.4 Å². The van der Waals surface area contributed by atoms with Gasteiger partial charge in [-0.15, -0.1) is 0 Å².